The lowest BCUT2D eigenvalue weighted by molar-refractivity contribution is -0.192. The van der Waals surface area contributed by atoms with Crippen LogP contribution in [0.25, 0.3) is 0 Å². The Bertz CT molecular complexity index is 614. The fourth-order valence-corrected chi connectivity index (χ4v) is 2.09. The SMILES string of the molecule is CCc1nc(CC(=O)O[C@@H]2CO[C@@H](OC(C)=O)[C@@H]2OC(C)=O)no1. The Labute approximate surface area is 137 Å². The number of esters is 3. The summed E-state index contributed by atoms with van der Waals surface area (Å²) >= 11 is 0. The zero-order valence-electron chi connectivity index (χ0n) is 13.5. The molecule has 10 nitrogen and oxygen atoms in total. The van der Waals surface area contributed by atoms with Crippen LogP contribution in [-0.4, -0.2) is 53.2 Å². The molecular formula is C14H18N2O8. The lowest BCUT2D eigenvalue weighted by Gasteiger charge is -2.21. The topological polar surface area (TPSA) is 127 Å². The van der Waals surface area contributed by atoms with Gasteiger partial charge in [0.05, 0.1) is 6.61 Å². The summed E-state index contributed by atoms with van der Waals surface area (Å²) in [5, 5.41) is 3.65. The minimum Gasteiger partial charge on any atom is -0.455 e. The number of hydrogen-bond donors (Lipinski definition) is 0. The number of rotatable bonds is 6. The third-order valence-corrected chi connectivity index (χ3v) is 3.04. The Balaban J connectivity index is 1.96. The first-order chi connectivity index (χ1) is 11.4. The largest absolute Gasteiger partial charge is 0.455 e. The van der Waals surface area contributed by atoms with Gasteiger partial charge in [0, 0.05) is 20.3 Å². The molecule has 2 heterocycles. The van der Waals surface area contributed by atoms with Crippen molar-refractivity contribution in [2.24, 2.45) is 0 Å². The van der Waals surface area contributed by atoms with Crippen LogP contribution in [0.4, 0.5) is 0 Å². The molecule has 132 valence electrons. The summed E-state index contributed by atoms with van der Waals surface area (Å²) < 4.78 is 25.3. The minimum atomic E-state index is -1.12. The van der Waals surface area contributed by atoms with Crippen molar-refractivity contribution in [3.63, 3.8) is 0 Å². The standard InChI is InChI=1S/C14H18N2O8/c1-4-11-15-10(16-24-11)5-12(19)23-9-6-20-14(22-8(3)18)13(9)21-7(2)17/h9,13-14H,4-6H2,1-3H3/t9-,13-,14+/m1/s1. The summed E-state index contributed by atoms with van der Waals surface area (Å²) in [5.74, 6) is -1.27. The number of ether oxygens (including phenoxy) is 4. The predicted octanol–water partition coefficient (Wildman–Crippen LogP) is -0.0626. The van der Waals surface area contributed by atoms with Crippen LogP contribution >= 0.6 is 0 Å². The van der Waals surface area contributed by atoms with Crippen LogP contribution in [0.15, 0.2) is 4.52 Å². The Morgan fingerprint density at radius 3 is 2.46 bits per heavy atom. The van der Waals surface area contributed by atoms with Gasteiger partial charge in [-0.1, -0.05) is 12.1 Å². The average Bonchev–Trinajstić information content (AvgIpc) is 3.07. The van der Waals surface area contributed by atoms with Crippen molar-refractivity contribution in [2.45, 2.75) is 52.1 Å². The molecule has 3 atom stereocenters. The molecule has 0 aromatic carbocycles. The van der Waals surface area contributed by atoms with Crippen molar-refractivity contribution in [3.05, 3.63) is 11.7 Å². The molecule has 0 spiro atoms. The van der Waals surface area contributed by atoms with Crippen LogP contribution in [0.3, 0.4) is 0 Å². The molecular weight excluding hydrogens is 324 g/mol. The summed E-state index contributed by atoms with van der Waals surface area (Å²) in [6.45, 7) is 4.14. The highest BCUT2D eigenvalue weighted by atomic mass is 16.7. The average molecular weight is 342 g/mol. The van der Waals surface area contributed by atoms with Gasteiger partial charge < -0.3 is 23.5 Å². The molecule has 0 saturated carbocycles. The van der Waals surface area contributed by atoms with Gasteiger partial charge in [0.15, 0.2) is 11.9 Å². The van der Waals surface area contributed by atoms with Gasteiger partial charge in [-0.15, -0.1) is 0 Å². The van der Waals surface area contributed by atoms with Gasteiger partial charge in [-0.25, -0.2) is 0 Å². The van der Waals surface area contributed by atoms with Gasteiger partial charge >= 0.3 is 17.9 Å². The Hall–Kier alpha value is -2.49. The predicted molar refractivity (Wildman–Crippen MR) is 74.3 cm³/mol. The first kappa shape index (κ1) is 17.9. The van der Waals surface area contributed by atoms with E-state index in [4.69, 9.17) is 23.5 Å². The Kier molecular flexibility index (Phi) is 5.85. The molecule has 1 saturated heterocycles. The molecule has 0 aliphatic carbocycles. The smallest absolute Gasteiger partial charge is 0.314 e. The summed E-state index contributed by atoms with van der Waals surface area (Å²) in [7, 11) is 0. The maximum absolute atomic E-state index is 12.0. The number of aromatic nitrogens is 2. The fourth-order valence-electron chi connectivity index (χ4n) is 2.09. The Morgan fingerprint density at radius 1 is 1.17 bits per heavy atom. The summed E-state index contributed by atoms with van der Waals surface area (Å²) in [6, 6.07) is 0. The second kappa shape index (κ2) is 7.86. The van der Waals surface area contributed by atoms with Gasteiger partial charge in [0.1, 0.15) is 6.42 Å². The van der Waals surface area contributed by atoms with Crippen LogP contribution in [0.5, 0.6) is 0 Å². The number of nitrogens with zero attached hydrogens (tertiary/aromatic N) is 2. The normalized spacial score (nSPS) is 22.9. The third-order valence-electron chi connectivity index (χ3n) is 3.04. The fraction of sp³-hybridized carbons (Fsp3) is 0.643. The molecule has 0 N–H and O–H groups in total. The van der Waals surface area contributed by atoms with Crippen molar-refractivity contribution >= 4 is 17.9 Å². The number of aryl methyl sites for hydroxylation is 1. The Morgan fingerprint density at radius 2 is 1.88 bits per heavy atom. The lowest BCUT2D eigenvalue weighted by atomic mass is 10.2. The van der Waals surface area contributed by atoms with E-state index in [0.717, 1.165) is 0 Å². The quantitative estimate of drug-likeness (QED) is 0.512. The van der Waals surface area contributed by atoms with Crippen molar-refractivity contribution in [1.29, 1.82) is 0 Å². The third kappa shape index (κ3) is 4.75. The van der Waals surface area contributed by atoms with E-state index in [1.54, 1.807) is 0 Å². The maximum atomic E-state index is 12.0. The van der Waals surface area contributed by atoms with Crippen molar-refractivity contribution in [1.82, 2.24) is 10.1 Å². The van der Waals surface area contributed by atoms with Crippen LogP contribution in [0.2, 0.25) is 0 Å². The van der Waals surface area contributed by atoms with Crippen molar-refractivity contribution < 1.29 is 37.9 Å². The van der Waals surface area contributed by atoms with Crippen LogP contribution in [0, 0.1) is 0 Å². The van der Waals surface area contributed by atoms with Crippen LogP contribution in [0.1, 0.15) is 32.5 Å². The van der Waals surface area contributed by atoms with E-state index < -0.39 is 36.4 Å². The second-order valence-corrected chi connectivity index (χ2v) is 5.05. The van der Waals surface area contributed by atoms with Gasteiger partial charge in [-0.05, 0) is 0 Å². The monoisotopic (exact) mass is 342 g/mol. The number of carbonyl (C=O) groups is 3. The van der Waals surface area contributed by atoms with Crippen LogP contribution in [-0.2, 0) is 46.2 Å². The molecule has 0 unspecified atom stereocenters. The van der Waals surface area contributed by atoms with Gasteiger partial charge in [-0.3, -0.25) is 14.4 Å². The molecule has 1 aromatic rings. The van der Waals surface area contributed by atoms with Gasteiger partial charge in [-0.2, -0.15) is 4.98 Å². The highest BCUT2D eigenvalue weighted by molar-refractivity contribution is 5.72. The highest BCUT2D eigenvalue weighted by Crippen LogP contribution is 2.22. The van der Waals surface area contributed by atoms with Crippen LogP contribution < -0.4 is 0 Å². The molecule has 2 rings (SSSR count). The molecule has 1 aliphatic heterocycles. The zero-order chi connectivity index (χ0) is 17.7. The van der Waals surface area contributed by atoms with E-state index in [9.17, 15) is 14.4 Å². The first-order valence-electron chi connectivity index (χ1n) is 7.36. The van der Waals surface area contributed by atoms with Crippen molar-refractivity contribution in [3.8, 4) is 0 Å². The van der Waals surface area contributed by atoms with Crippen molar-refractivity contribution in [2.75, 3.05) is 6.61 Å². The zero-order valence-corrected chi connectivity index (χ0v) is 13.5. The van der Waals surface area contributed by atoms with E-state index in [2.05, 4.69) is 10.1 Å². The van der Waals surface area contributed by atoms with E-state index in [0.29, 0.717) is 12.3 Å². The van der Waals surface area contributed by atoms with E-state index >= 15 is 0 Å². The molecule has 1 fully saturated rings. The highest BCUT2D eigenvalue weighted by Gasteiger charge is 2.44. The summed E-state index contributed by atoms with van der Waals surface area (Å²) in [4.78, 5) is 38.2. The molecule has 1 aliphatic rings. The molecule has 0 amide bonds. The summed E-state index contributed by atoms with van der Waals surface area (Å²) in [5.41, 5.74) is 0. The number of carbonyl (C=O) groups excluding carboxylic acids is 3. The lowest BCUT2D eigenvalue weighted by Crippen LogP contribution is -2.39. The maximum Gasteiger partial charge on any atom is 0.314 e. The molecule has 24 heavy (non-hydrogen) atoms. The number of hydrogen-bond acceptors (Lipinski definition) is 10. The molecule has 1 aromatic heterocycles. The van der Waals surface area contributed by atoms with E-state index in [1.165, 1.54) is 13.8 Å². The first-order valence-corrected chi connectivity index (χ1v) is 7.36. The van der Waals surface area contributed by atoms with Gasteiger partial charge in [0.2, 0.25) is 18.3 Å². The molecule has 10 heteroatoms. The second-order valence-electron chi connectivity index (χ2n) is 5.05. The molecule has 0 radical (unpaired) electrons. The minimum absolute atomic E-state index is 0.0753. The van der Waals surface area contributed by atoms with Gasteiger partial charge in [0.25, 0.3) is 0 Å². The van der Waals surface area contributed by atoms with E-state index in [1.807, 2.05) is 6.92 Å². The van der Waals surface area contributed by atoms with E-state index in [-0.39, 0.29) is 18.9 Å². The molecule has 0 bridgehead atoms. The summed E-state index contributed by atoms with van der Waals surface area (Å²) in [6.07, 6.45) is -2.71.